The Balaban J connectivity index is 1.58. The number of carbonyl (C=O) groups excluding carboxylic acids is 3. The molecule has 33 heavy (non-hydrogen) atoms. The van der Waals surface area contributed by atoms with Gasteiger partial charge in [0.05, 0.1) is 18.6 Å². The van der Waals surface area contributed by atoms with Crippen LogP contribution in [0, 0.1) is 31.6 Å². The molecular formula is C26H34N2O5. The summed E-state index contributed by atoms with van der Waals surface area (Å²) in [6, 6.07) is 5.95. The molecule has 0 radical (unpaired) electrons. The van der Waals surface area contributed by atoms with E-state index >= 15 is 0 Å². The second-order valence-electron chi connectivity index (χ2n) is 11.0. The Morgan fingerprint density at radius 1 is 1.24 bits per heavy atom. The molecule has 3 heterocycles. The highest BCUT2D eigenvalue weighted by Crippen LogP contribution is 2.53. The summed E-state index contributed by atoms with van der Waals surface area (Å²) in [6.45, 7) is 13.6. The molecule has 1 N–H and O–H groups in total. The fourth-order valence-corrected chi connectivity index (χ4v) is 5.22. The van der Waals surface area contributed by atoms with E-state index in [1.165, 1.54) is 0 Å². The lowest BCUT2D eigenvalue weighted by Crippen LogP contribution is -2.50. The number of hydrogen-bond acceptors (Lipinski definition) is 5. The van der Waals surface area contributed by atoms with Gasteiger partial charge in [0.25, 0.3) is 5.91 Å². The minimum atomic E-state index is -0.942. The van der Waals surface area contributed by atoms with Crippen LogP contribution in [0.15, 0.2) is 30.4 Å². The molecule has 1 aromatic carbocycles. The van der Waals surface area contributed by atoms with Crippen molar-refractivity contribution in [2.24, 2.45) is 17.8 Å². The molecule has 1 spiro atoms. The van der Waals surface area contributed by atoms with Gasteiger partial charge in [-0.25, -0.2) is 0 Å². The summed E-state index contributed by atoms with van der Waals surface area (Å²) in [5.74, 6) is -2.70. The zero-order valence-corrected chi connectivity index (χ0v) is 20.5. The SMILES string of the molecule is Cc1ccc(N2C[C@]34C=C[C@H](O3)[C@H](C(=O)O[C@H](C(=O)NC(C)(C)C)C(C)C)[C@@H]4C2=O)c(C)c1. The lowest BCUT2D eigenvalue weighted by Gasteiger charge is -2.29. The molecule has 2 bridgehead atoms. The second-order valence-corrected chi connectivity index (χ2v) is 11.0. The molecule has 0 unspecified atom stereocenters. The normalized spacial score (nSPS) is 28.9. The van der Waals surface area contributed by atoms with E-state index in [4.69, 9.17) is 9.47 Å². The van der Waals surface area contributed by atoms with Crippen LogP contribution in [-0.4, -0.2) is 47.7 Å². The monoisotopic (exact) mass is 454 g/mol. The third-order valence-corrected chi connectivity index (χ3v) is 6.62. The lowest BCUT2D eigenvalue weighted by molar-refractivity contribution is -0.165. The minimum absolute atomic E-state index is 0.143. The Bertz CT molecular complexity index is 1020. The highest BCUT2D eigenvalue weighted by Gasteiger charge is 2.67. The second kappa shape index (κ2) is 7.97. The third kappa shape index (κ3) is 4.07. The summed E-state index contributed by atoms with van der Waals surface area (Å²) in [5.41, 5.74) is 1.65. The highest BCUT2D eigenvalue weighted by molar-refractivity contribution is 6.03. The Hall–Kier alpha value is -2.67. The number of nitrogens with one attached hydrogen (secondary N) is 1. The molecule has 7 nitrogen and oxygen atoms in total. The van der Waals surface area contributed by atoms with Crippen molar-refractivity contribution in [2.45, 2.75) is 71.8 Å². The number of carbonyl (C=O) groups is 3. The molecule has 3 aliphatic rings. The first-order valence-corrected chi connectivity index (χ1v) is 11.6. The van der Waals surface area contributed by atoms with Crippen LogP contribution in [0.5, 0.6) is 0 Å². The molecule has 2 amide bonds. The summed E-state index contributed by atoms with van der Waals surface area (Å²) < 4.78 is 12.0. The van der Waals surface area contributed by atoms with E-state index in [1.54, 1.807) is 4.90 Å². The largest absolute Gasteiger partial charge is 0.452 e. The van der Waals surface area contributed by atoms with Crippen molar-refractivity contribution in [3.8, 4) is 0 Å². The van der Waals surface area contributed by atoms with Gasteiger partial charge in [-0.1, -0.05) is 43.7 Å². The molecule has 0 aromatic heterocycles. The van der Waals surface area contributed by atoms with Crippen LogP contribution in [-0.2, 0) is 23.9 Å². The molecule has 0 saturated carbocycles. The summed E-state index contributed by atoms with van der Waals surface area (Å²) in [4.78, 5) is 41.5. The molecule has 0 aliphatic carbocycles. The number of amides is 2. The number of aryl methyl sites for hydroxylation is 2. The van der Waals surface area contributed by atoms with Gasteiger partial charge in [-0.15, -0.1) is 0 Å². The first kappa shape index (κ1) is 23.5. The number of hydrogen-bond donors (Lipinski definition) is 1. The molecular weight excluding hydrogens is 420 g/mol. The van der Waals surface area contributed by atoms with E-state index in [-0.39, 0.29) is 17.7 Å². The van der Waals surface area contributed by atoms with Gasteiger partial charge < -0.3 is 19.7 Å². The van der Waals surface area contributed by atoms with E-state index in [0.29, 0.717) is 6.54 Å². The highest BCUT2D eigenvalue weighted by atomic mass is 16.6. The number of esters is 1. The lowest BCUT2D eigenvalue weighted by atomic mass is 9.77. The zero-order valence-electron chi connectivity index (χ0n) is 20.5. The number of anilines is 1. The van der Waals surface area contributed by atoms with Crippen LogP contribution in [0.1, 0.15) is 45.7 Å². The number of ether oxygens (including phenoxy) is 2. The Kier molecular flexibility index (Phi) is 5.68. The molecule has 1 aromatic rings. The van der Waals surface area contributed by atoms with E-state index in [0.717, 1.165) is 16.8 Å². The average Bonchev–Trinajstić information content (AvgIpc) is 3.32. The standard InChI is InChI=1S/C26H34N2O5/c1-14(2)21(22(29)27-25(5,6)7)32-24(31)19-18-10-11-26(33-18)13-28(23(30)20(19)26)17-9-8-15(3)12-16(17)4/h8-12,14,18-21H,13H2,1-7H3,(H,27,29)/t18-,19-,20+,21-,26-/m0/s1. The van der Waals surface area contributed by atoms with Crippen molar-refractivity contribution in [1.29, 1.82) is 0 Å². The maximum absolute atomic E-state index is 13.6. The van der Waals surface area contributed by atoms with Crippen LogP contribution in [0.2, 0.25) is 0 Å². The smallest absolute Gasteiger partial charge is 0.313 e. The maximum atomic E-state index is 13.6. The Labute approximate surface area is 195 Å². The summed E-state index contributed by atoms with van der Waals surface area (Å²) in [5, 5.41) is 2.89. The predicted octanol–water partition coefficient (Wildman–Crippen LogP) is 3.07. The van der Waals surface area contributed by atoms with Gasteiger partial charge in [0, 0.05) is 11.2 Å². The molecule has 178 valence electrons. The van der Waals surface area contributed by atoms with Crippen molar-refractivity contribution in [3.05, 3.63) is 41.5 Å². The average molecular weight is 455 g/mol. The van der Waals surface area contributed by atoms with Gasteiger partial charge in [-0.2, -0.15) is 0 Å². The van der Waals surface area contributed by atoms with Gasteiger partial charge in [-0.05, 0) is 52.2 Å². The molecule has 2 saturated heterocycles. The van der Waals surface area contributed by atoms with Crippen molar-refractivity contribution < 1.29 is 23.9 Å². The maximum Gasteiger partial charge on any atom is 0.313 e. The van der Waals surface area contributed by atoms with E-state index in [2.05, 4.69) is 5.32 Å². The molecule has 5 atom stereocenters. The van der Waals surface area contributed by atoms with Crippen LogP contribution >= 0.6 is 0 Å². The fraction of sp³-hybridized carbons (Fsp3) is 0.577. The van der Waals surface area contributed by atoms with Crippen LogP contribution in [0.25, 0.3) is 0 Å². The minimum Gasteiger partial charge on any atom is -0.452 e. The van der Waals surface area contributed by atoms with Crippen molar-refractivity contribution >= 4 is 23.5 Å². The van der Waals surface area contributed by atoms with E-state index in [1.807, 2.05) is 78.8 Å². The first-order valence-electron chi connectivity index (χ1n) is 11.6. The van der Waals surface area contributed by atoms with Crippen molar-refractivity contribution in [1.82, 2.24) is 5.32 Å². The summed E-state index contributed by atoms with van der Waals surface area (Å²) in [7, 11) is 0. The van der Waals surface area contributed by atoms with Crippen molar-refractivity contribution in [3.63, 3.8) is 0 Å². The number of fused-ring (bicyclic) bond motifs is 1. The third-order valence-electron chi connectivity index (χ3n) is 6.62. The predicted molar refractivity (Wildman–Crippen MR) is 125 cm³/mol. The molecule has 4 rings (SSSR count). The Morgan fingerprint density at radius 3 is 2.55 bits per heavy atom. The topological polar surface area (TPSA) is 84.9 Å². The van der Waals surface area contributed by atoms with Crippen LogP contribution in [0.3, 0.4) is 0 Å². The number of nitrogens with zero attached hydrogens (tertiary/aromatic N) is 1. The Morgan fingerprint density at radius 2 is 1.94 bits per heavy atom. The van der Waals surface area contributed by atoms with Gasteiger partial charge in [0.2, 0.25) is 5.91 Å². The van der Waals surface area contributed by atoms with Crippen LogP contribution < -0.4 is 10.2 Å². The van der Waals surface area contributed by atoms with E-state index < -0.39 is 41.2 Å². The van der Waals surface area contributed by atoms with Gasteiger partial charge in [-0.3, -0.25) is 14.4 Å². The van der Waals surface area contributed by atoms with Crippen molar-refractivity contribution in [2.75, 3.05) is 11.4 Å². The number of benzene rings is 1. The molecule has 3 aliphatic heterocycles. The summed E-state index contributed by atoms with van der Waals surface area (Å²) in [6.07, 6.45) is 2.30. The molecule has 2 fully saturated rings. The van der Waals surface area contributed by atoms with Crippen LogP contribution in [0.4, 0.5) is 5.69 Å². The zero-order chi connectivity index (χ0) is 24.3. The summed E-state index contributed by atoms with van der Waals surface area (Å²) >= 11 is 0. The van der Waals surface area contributed by atoms with Gasteiger partial charge in [0.15, 0.2) is 6.10 Å². The van der Waals surface area contributed by atoms with E-state index in [9.17, 15) is 14.4 Å². The fourth-order valence-electron chi connectivity index (χ4n) is 5.22. The quantitative estimate of drug-likeness (QED) is 0.546. The first-order chi connectivity index (χ1) is 15.3. The van der Waals surface area contributed by atoms with Gasteiger partial charge in [0.1, 0.15) is 11.5 Å². The molecule has 7 heteroatoms. The number of rotatable bonds is 5. The van der Waals surface area contributed by atoms with Gasteiger partial charge >= 0.3 is 5.97 Å².